The van der Waals surface area contributed by atoms with Crippen LogP contribution in [0.25, 0.3) is 11.0 Å². The van der Waals surface area contributed by atoms with Crippen molar-refractivity contribution in [1.82, 2.24) is 19.9 Å². The van der Waals surface area contributed by atoms with Crippen molar-refractivity contribution in [2.75, 3.05) is 54.0 Å². The number of rotatable bonds is 8. The minimum Gasteiger partial charge on any atom is -0.369 e. The number of aromatic nitrogens is 3. The fourth-order valence-corrected chi connectivity index (χ4v) is 5.00. The number of aryl methyl sites for hydroxylation is 2. The molecule has 0 aliphatic carbocycles. The van der Waals surface area contributed by atoms with E-state index in [-0.39, 0.29) is 0 Å². The van der Waals surface area contributed by atoms with Gasteiger partial charge in [-0.05, 0) is 48.4 Å². The summed E-state index contributed by atoms with van der Waals surface area (Å²) < 4.78 is 27.5. The molecule has 0 radical (unpaired) electrons. The number of fused-ring (bicyclic) bond motifs is 1. The second-order valence-corrected chi connectivity index (χ2v) is 11.0. The van der Waals surface area contributed by atoms with Gasteiger partial charge in [0.1, 0.15) is 5.65 Å². The lowest BCUT2D eigenvalue weighted by Crippen LogP contribution is -2.43. The average Bonchev–Trinajstić information content (AvgIpc) is 3.30. The summed E-state index contributed by atoms with van der Waals surface area (Å²) in [6.07, 6.45) is 5.70. The molecule has 1 saturated heterocycles. The molecule has 0 saturated carbocycles. The van der Waals surface area contributed by atoms with Gasteiger partial charge in [0.15, 0.2) is 0 Å². The molecule has 2 aromatic carbocycles. The van der Waals surface area contributed by atoms with Gasteiger partial charge in [0.05, 0.1) is 11.9 Å². The van der Waals surface area contributed by atoms with E-state index in [1.54, 1.807) is 7.05 Å². The summed E-state index contributed by atoms with van der Waals surface area (Å²) >= 11 is 0. The van der Waals surface area contributed by atoms with Crippen molar-refractivity contribution < 1.29 is 8.42 Å². The fourth-order valence-electron chi connectivity index (χ4n) is 4.47. The smallest absolute Gasteiger partial charge is 0.232 e. The highest BCUT2D eigenvalue weighted by Gasteiger charge is 2.16. The number of nitrogens with one attached hydrogen (secondary N) is 2. The molecule has 2 aromatic heterocycles. The Bertz CT molecular complexity index is 1440. The van der Waals surface area contributed by atoms with Crippen LogP contribution < -0.4 is 19.8 Å². The summed E-state index contributed by atoms with van der Waals surface area (Å²) in [5.74, 6) is 0.537. The molecule has 1 aliphatic heterocycles. The molecular formula is C26H31N7O2S. The highest BCUT2D eigenvalue weighted by atomic mass is 32.2. The van der Waals surface area contributed by atoms with Crippen LogP contribution in [-0.2, 0) is 23.0 Å². The minimum absolute atomic E-state index is 0.537. The van der Waals surface area contributed by atoms with Crippen LogP contribution in [0, 0.1) is 0 Å². The molecule has 0 amide bonds. The maximum Gasteiger partial charge on any atom is 0.232 e. The van der Waals surface area contributed by atoms with E-state index in [0.29, 0.717) is 24.6 Å². The number of hydrogen-bond acceptors (Lipinski definition) is 7. The summed E-state index contributed by atoms with van der Waals surface area (Å²) in [6, 6.07) is 17.9. The predicted octanol–water partition coefficient (Wildman–Crippen LogP) is 3.22. The standard InChI is InChI=1S/C26H31N7O2S/c1-31(36(2,34)35)24-6-4-3-5-20(24)11-15-33-16-12-21-19-28-26(30-25(21)33)29-22-7-9-23(10-8-22)32-17-13-27-14-18-32/h3-10,12,16,19,27H,11,13-15,17-18H2,1-2H3,(H,28,29,30). The van der Waals surface area contributed by atoms with Crippen LogP contribution >= 0.6 is 0 Å². The molecule has 0 spiro atoms. The van der Waals surface area contributed by atoms with Gasteiger partial charge in [0.2, 0.25) is 16.0 Å². The van der Waals surface area contributed by atoms with Crippen LogP contribution in [0.4, 0.5) is 23.0 Å². The molecule has 188 valence electrons. The van der Waals surface area contributed by atoms with Crippen LogP contribution in [0.2, 0.25) is 0 Å². The van der Waals surface area contributed by atoms with Crippen molar-refractivity contribution in [1.29, 1.82) is 0 Å². The summed E-state index contributed by atoms with van der Waals surface area (Å²) in [7, 11) is -1.75. The number of piperazine rings is 1. The van der Waals surface area contributed by atoms with E-state index in [1.165, 1.54) is 16.2 Å². The molecule has 0 atom stereocenters. The number of hydrogen-bond donors (Lipinski definition) is 2. The first-order valence-corrected chi connectivity index (χ1v) is 13.9. The Hall–Kier alpha value is -3.63. The van der Waals surface area contributed by atoms with Gasteiger partial charge in [-0.1, -0.05) is 18.2 Å². The second kappa shape index (κ2) is 10.2. The van der Waals surface area contributed by atoms with Gasteiger partial charge in [0.25, 0.3) is 0 Å². The highest BCUT2D eigenvalue weighted by molar-refractivity contribution is 7.92. The van der Waals surface area contributed by atoms with Crippen molar-refractivity contribution in [2.45, 2.75) is 13.0 Å². The van der Waals surface area contributed by atoms with E-state index in [1.807, 2.05) is 42.7 Å². The van der Waals surface area contributed by atoms with Crippen LogP contribution in [0.1, 0.15) is 5.56 Å². The molecular weight excluding hydrogens is 474 g/mol. The maximum atomic E-state index is 12.1. The lowest BCUT2D eigenvalue weighted by Gasteiger charge is -2.29. The number of sulfonamides is 1. The van der Waals surface area contributed by atoms with Crippen LogP contribution in [0.15, 0.2) is 67.0 Å². The zero-order chi connectivity index (χ0) is 25.1. The van der Waals surface area contributed by atoms with Gasteiger partial charge in [-0.2, -0.15) is 4.98 Å². The van der Waals surface area contributed by atoms with Crippen LogP contribution in [-0.4, -0.2) is 62.4 Å². The molecule has 4 aromatic rings. The minimum atomic E-state index is -3.34. The van der Waals surface area contributed by atoms with Crippen molar-refractivity contribution in [2.24, 2.45) is 0 Å². The van der Waals surface area contributed by atoms with Crippen LogP contribution in [0.3, 0.4) is 0 Å². The van der Waals surface area contributed by atoms with Crippen molar-refractivity contribution in [3.05, 3.63) is 72.6 Å². The normalized spacial score (nSPS) is 14.2. The van der Waals surface area contributed by atoms with Gasteiger partial charge in [-0.15, -0.1) is 0 Å². The third kappa shape index (κ3) is 5.29. The Balaban J connectivity index is 1.31. The Morgan fingerprint density at radius 2 is 1.81 bits per heavy atom. The SMILES string of the molecule is CN(c1ccccc1CCn1ccc2cnc(Nc3ccc(N4CCNCC4)cc3)nc21)S(C)(=O)=O. The summed E-state index contributed by atoms with van der Waals surface area (Å²) in [4.78, 5) is 11.6. The summed E-state index contributed by atoms with van der Waals surface area (Å²) in [5, 5.41) is 7.65. The molecule has 9 nitrogen and oxygen atoms in total. The topological polar surface area (TPSA) is 95.4 Å². The van der Waals surface area contributed by atoms with E-state index in [0.717, 1.165) is 48.5 Å². The largest absolute Gasteiger partial charge is 0.369 e. The fraction of sp³-hybridized carbons (Fsp3) is 0.308. The lowest BCUT2D eigenvalue weighted by atomic mass is 10.1. The Morgan fingerprint density at radius 1 is 1.06 bits per heavy atom. The number of anilines is 4. The van der Waals surface area contributed by atoms with Crippen molar-refractivity contribution >= 4 is 44.1 Å². The number of benzene rings is 2. The van der Waals surface area contributed by atoms with E-state index < -0.39 is 10.0 Å². The monoisotopic (exact) mass is 505 g/mol. The molecule has 0 unspecified atom stereocenters. The van der Waals surface area contributed by atoms with Crippen molar-refractivity contribution in [3.8, 4) is 0 Å². The Morgan fingerprint density at radius 3 is 2.56 bits per heavy atom. The average molecular weight is 506 g/mol. The van der Waals surface area contributed by atoms with Crippen LogP contribution in [0.5, 0.6) is 0 Å². The Kier molecular flexibility index (Phi) is 6.80. The molecule has 1 aliphatic rings. The maximum absolute atomic E-state index is 12.1. The number of para-hydroxylation sites is 1. The summed E-state index contributed by atoms with van der Waals surface area (Å²) in [5.41, 5.74) is 4.64. The zero-order valence-corrected chi connectivity index (χ0v) is 21.4. The van der Waals surface area contributed by atoms with Gasteiger partial charge in [-0.25, -0.2) is 13.4 Å². The summed E-state index contributed by atoms with van der Waals surface area (Å²) in [6.45, 7) is 4.70. The quantitative estimate of drug-likeness (QED) is 0.380. The highest BCUT2D eigenvalue weighted by Crippen LogP contribution is 2.24. The first-order valence-electron chi connectivity index (χ1n) is 12.0. The third-order valence-electron chi connectivity index (χ3n) is 6.56. The molecule has 5 rings (SSSR count). The number of nitrogens with zero attached hydrogens (tertiary/aromatic N) is 5. The molecule has 0 bridgehead atoms. The Labute approximate surface area is 211 Å². The lowest BCUT2D eigenvalue weighted by molar-refractivity contribution is 0.589. The van der Waals surface area contributed by atoms with Gasteiger partial charge >= 0.3 is 0 Å². The van der Waals surface area contributed by atoms with E-state index >= 15 is 0 Å². The predicted molar refractivity (Wildman–Crippen MR) is 146 cm³/mol. The van der Waals surface area contributed by atoms with Gasteiger partial charge in [0, 0.05) is 68.9 Å². The molecule has 2 N–H and O–H groups in total. The molecule has 10 heteroatoms. The third-order valence-corrected chi connectivity index (χ3v) is 7.75. The van der Waals surface area contributed by atoms with E-state index in [4.69, 9.17) is 4.98 Å². The first kappa shape index (κ1) is 24.1. The first-order chi connectivity index (χ1) is 17.4. The van der Waals surface area contributed by atoms with Gasteiger partial charge in [-0.3, -0.25) is 4.31 Å². The van der Waals surface area contributed by atoms with Gasteiger partial charge < -0.3 is 20.1 Å². The molecule has 1 fully saturated rings. The molecule has 3 heterocycles. The van der Waals surface area contributed by atoms with E-state index in [9.17, 15) is 8.42 Å². The van der Waals surface area contributed by atoms with Crippen molar-refractivity contribution in [3.63, 3.8) is 0 Å². The van der Waals surface area contributed by atoms with E-state index in [2.05, 4.69) is 49.4 Å². The second-order valence-electron chi connectivity index (χ2n) is 9.00. The zero-order valence-electron chi connectivity index (χ0n) is 20.6. The molecule has 36 heavy (non-hydrogen) atoms.